The molecule has 5 nitrogen and oxygen atoms in total. The van der Waals surface area contributed by atoms with Gasteiger partial charge in [-0.1, -0.05) is 35.5 Å². The van der Waals surface area contributed by atoms with Gasteiger partial charge < -0.3 is 4.74 Å². The van der Waals surface area contributed by atoms with Gasteiger partial charge in [-0.3, -0.25) is 4.84 Å². The molecule has 0 saturated carbocycles. The van der Waals surface area contributed by atoms with Crippen molar-refractivity contribution in [2.45, 2.75) is 79.9 Å². The number of nitriles is 1. The van der Waals surface area contributed by atoms with E-state index in [-0.39, 0.29) is 5.56 Å². The van der Waals surface area contributed by atoms with Crippen molar-refractivity contribution in [1.82, 2.24) is 0 Å². The standard InChI is InChI=1S/C22H15F17N2O3/c1-14(2,43-13(42)44-41-12(10-40)11-6-4-3-5-7-11)8-9-15(23,24)16(25,26)17(27,28)18(29,30)19(31,32)20(33,34)21(35,36)22(37,38)39/h3-7H,8-9H2,1-2H3. The SMILES string of the molecule is CC(C)(CCC(F)(F)C(F)(F)C(F)(F)C(F)(F)C(F)(F)C(F)(F)C(F)(F)C(F)(F)F)OC(=O)ON=C(C#N)c1ccccc1. The van der Waals surface area contributed by atoms with E-state index in [0.717, 1.165) is 0 Å². The minimum atomic E-state index is -8.73. The summed E-state index contributed by atoms with van der Waals surface area (Å²) in [6.45, 7) is 1.16. The number of carbonyl (C=O) groups is 1. The molecular formula is C22H15F17N2O3. The Morgan fingerprint density at radius 3 is 1.50 bits per heavy atom. The van der Waals surface area contributed by atoms with Crippen LogP contribution in [0.1, 0.15) is 32.3 Å². The molecule has 0 fully saturated rings. The molecule has 0 amide bonds. The maximum atomic E-state index is 14.1. The normalized spacial score (nSPS) is 15.1. The number of ether oxygens (including phenoxy) is 1. The van der Waals surface area contributed by atoms with E-state index in [1.165, 1.54) is 36.4 Å². The van der Waals surface area contributed by atoms with Gasteiger partial charge in [0.05, 0.1) is 0 Å². The van der Waals surface area contributed by atoms with Crippen LogP contribution in [0.3, 0.4) is 0 Å². The second-order valence-corrected chi connectivity index (χ2v) is 9.27. The number of carbonyl (C=O) groups excluding carboxylic acids is 1. The molecule has 44 heavy (non-hydrogen) atoms. The number of benzene rings is 1. The van der Waals surface area contributed by atoms with Crippen molar-refractivity contribution in [1.29, 1.82) is 5.26 Å². The highest BCUT2D eigenvalue weighted by molar-refractivity contribution is 6.11. The van der Waals surface area contributed by atoms with Crippen LogP contribution in [0, 0.1) is 11.3 Å². The third kappa shape index (κ3) is 6.60. The second kappa shape index (κ2) is 11.8. The van der Waals surface area contributed by atoms with Crippen LogP contribution in [0.15, 0.2) is 35.5 Å². The molecule has 1 aromatic rings. The Balaban J connectivity index is 3.23. The minimum Gasteiger partial charge on any atom is -0.427 e. The summed E-state index contributed by atoms with van der Waals surface area (Å²) in [6.07, 6.45) is -14.4. The molecule has 0 N–H and O–H groups in total. The molecule has 1 aromatic carbocycles. The number of oxime groups is 1. The van der Waals surface area contributed by atoms with Gasteiger partial charge in [0.15, 0.2) is 5.71 Å². The van der Waals surface area contributed by atoms with Crippen LogP contribution in [0.5, 0.6) is 0 Å². The van der Waals surface area contributed by atoms with Crippen LogP contribution in [0.4, 0.5) is 79.4 Å². The average Bonchev–Trinajstić information content (AvgIpc) is 2.87. The molecule has 0 heterocycles. The lowest BCUT2D eigenvalue weighted by molar-refractivity contribution is -0.462. The van der Waals surface area contributed by atoms with E-state index in [2.05, 4.69) is 14.7 Å². The van der Waals surface area contributed by atoms with E-state index in [4.69, 9.17) is 5.26 Å². The van der Waals surface area contributed by atoms with Crippen LogP contribution < -0.4 is 0 Å². The molecule has 0 saturated heterocycles. The molecule has 0 bridgehead atoms. The first-order chi connectivity index (χ1) is 19.4. The molecular weight excluding hydrogens is 663 g/mol. The first-order valence-electron chi connectivity index (χ1n) is 11.0. The molecule has 0 aromatic heterocycles. The number of hydrogen-bond donors (Lipinski definition) is 0. The van der Waals surface area contributed by atoms with Crippen LogP contribution >= 0.6 is 0 Å². The molecule has 1 rings (SSSR count). The molecule has 0 radical (unpaired) electrons. The van der Waals surface area contributed by atoms with Crippen molar-refractivity contribution in [3.63, 3.8) is 0 Å². The summed E-state index contributed by atoms with van der Waals surface area (Å²) in [5.74, 6) is -57.2. The Labute approximate surface area is 234 Å². The van der Waals surface area contributed by atoms with Gasteiger partial charge in [0, 0.05) is 12.0 Å². The van der Waals surface area contributed by atoms with Gasteiger partial charge in [-0.15, -0.1) is 0 Å². The van der Waals surface area contributed by atoms with E-state index in [1.54, 1.807) is 0 Å². The van der Waals surface area contributed by atoms with Crippen LogP contribution in [0.2, 0.25) is 0 Å². The zero-order valence-electron chi connectivity index (χ0n) is 21.3. The van der Waals surface area contributed by atoms with Gasteiger partial charge in [-0.25, -0.2) is 4.79 Å². The lowest BCUT2D eigenvalue weighted by Crippen LogP contribution is -2.74. The lowest BCUT2D eigenvalue weighted by Gasteiger charge is -2.43. The fraction of sp³-hybridized carbons (Fsp3) is 0.591. The Morgan fingerprint density at radius 2 is 1.09 bits per heavy atom. The van der Waals surface area contributed by atoms with Crippen molar-refractivity contribution in [2.75, 3.05) is 0 Å². The third-order valence-electron chi connectivity index (χ3n) is 5.55. The summed E-state index contributed by atoms with van der Waals surface area (Å²) in [5, 5.41) is 12.1. The van der Waals surface area contributed by atoms with Crippen LogP contribution in [-0.2, 0) is 9.57 Å². The lowest BCUT2D eigenvalue weighted by atomic mass is 9.87. The largest absolute Gasteiger partial charge is 0.535 e. The van der Waals surface area contributed by atoms with Crippen molar-refractivity contribution in [2.24, 2.45) is 5.16 Å². The Kier molecular flexibility index (Phi) is 10.3. The van der Waals surface area contributed by atoms with Gasteiger partial charge in [0.25, 0.3) is 0 Å². The molecule has 0 aliphatic rings. The fourth-order valence-corrected chi connectivity index (χ4v) is 2.92. The predicted molar refractivity (Wildman–Crippen MR) is 110 cm³/mol. The van der Waals surface area contributed by atoms with E-state index >= 15 is 0 Å². The van der Waals surface area contributed by atoms with Gasteiger partial charge in [0.1, 0.15) is 11.7 Å². The number of rotatable bonds is 12. The average molecular weight is 678 g/mol. The Bertz CT molecular complexity index is 1250. The molecule has 0 atom stereocenters. The van der Waals surface area contributed by atoms with E-state index in [1.807, 2.05) is 0 Å². The zero-order valence-corrected chi connectivity index (χ0v) is 21.3. The quantitative estimate of drug-likeness (QED) is 0.0730. The Morgan fingerprint density at radius 1 is 0.682 bits per heavy atom. The smallest absolute Gasteiger partial charge is 0.427 e. The van der Waals surface area contributed by atoms with Crippen molar-refractivity contribution < 1.29 is 89.0 Å². The number of halogens is 17. The maximum absolute atomic E-state index is 14.1. The van der Waals surface area contributed by atoms with E-state index < -0.39 is 77.9 Å². The number of nitrogens with zero attached hydrogens (tertiary/aromatic N) is 2. The first kappa shape index (κ1) is 38.5. The highest BCUT2D eigenvalue weighted by Gasteiger charge is 2.95. The zero-order chi connectivity index (χ0) is 35.0. The van der Waals surface area contributed by atoms with Gasteiger partial charge in [0.2, 0.25) is 0 Å². The van der Waals surface area contributed by atoms with Gasteiger partial charge >= 0.3 is 53.8 Å². The maximum Gasteiger partial charge on any atom is 0.535 e. The first-order valence-corrected chi connectivity index (χ1v) is 11.0. The van der Waals surface area contributed by atoms with Crippen molar-refractivity contribution in [3.8, 4) is 6.07 Å². The summed E-state index contributed by atoms with van der Waals surface area (Å²) in [6, 6.07) is 8.36. The highest BCUT2D eigenvalue weighted by atomic mass is 19.4. The molecule has 0 aliphatic carbocycles. The second-order valence-electron chi connectivity index (χ2n) is 9.27. The van der Waals surface area contributed by atoms with Crippen molar-refractivity contribution in [3.05, 3.63) is 35.9 Å². The van der Waals surface area contributed by atoms with Crippen LogP contribution in [-0.4, -0.2) is 65.1 Å². The third-order valence-corrected chi connectivity index (χ3v) is 5.55. The van der Waals surface area contributed by atoms with Crippen LogP contribution in [0.25, 0.3) is 0 Å². The molecule has 250 valence electrons. The molecule has 0 aliphatic heterocycles. The summed E-state index contributed by atoms with van der Waals surface area (Å²) >= 11 is 0. The van der Waals surface area contributed by atoms with E-state index in [0.29, 0.717) is 13.8 Å². The van der Waals surface area contributed by atoms with Gasteiger partial charge in [-0.05, 0) is 20.3 Å². The topological polar surface area (TPSA) is 71.7 Å². The summed E-state index contributed by atoms with van der Waals surface area (Å²) in [5.41, 5.74) is -3.04. The summed E-state index contributed by atoms with van der Waals surface area (Å²) in [4.78, 5) is 15.9. The molecule has 22 heteroatoms. The predicted octanol–water partition coefficient (Wildman–Crippen LogP) is 8.64. The fourth-order valence-electron chi connectivity index (χ4n) is 2.92. The monoisotopic (exact) mass is 678 g/mol. The minimum absolute atomic E-state index is 0.0622. The van der Waals surface area contributed by atoms with E-state index in [9.17, 15) is 79.4 Å². The summed E-state index contributed by atoms with van der Waals surface area (Å²) in [7, 11) is 0. The summed E-state index contributed by atoms with van der Waals surface area (Å²) < 4.78 is 232. The molecule has 0 spiro atoms. The Hall–Kier alpha value is -3.54. The van der Waals surface area contributed by atoms with Crippen molar-refractivity contribution >= 4 is 11.9 Å². The molecule has 0 unspecified atom stereocenters. The highest BCUT2D eigenvalue weighted by Crippen LogP contribution is 2.64. The van der Waals surface area contributed by atoms with Gasteiger partial charge in [-0.2, -0.15) is 79.9 Å². The number of alkyl halides is 17. The number of hydrogen-bond acceptors (Lipinski definition) is 5.